The van der Waals surface area contributed by atoms with Crippen LogP contribution in [0.1, 0.15) is 74.8 Å². The second kappa shape index (κ2) is 8.24. The third-order valence-corrected chi connectivity index (χ3v) is 7.58. The molecule has 12 heteroatoms. The SMILES string of the molecule is Cc1cc(O)c2c(c1O)C(=O)c1c(c(O)cc(O)c1-c1c(O)cc(O)c3c1C(=O)c1c(O)c(C)cc(O)c1C3=O)C2=O. The summed E-state index contributed by atoms with van der Waals surface area (Å²) in [6.07, 6.45) is 0. The number of benzene rings is 4. The summed E-state index contributed by atoms with van der Waals surface area (Å²) >= 11 is 0. The van der Waals surface area contributed by atoms with Crippen LogP contribution in [0.15, 0.2) is 24.3 Å². The molecule has 0 bridgehead atoms. The molecule has 0 unspecified atom stereocenters. The minimum atomic E-state index is -1.20. The molecule has 0 saturated carbocycles. The molecule has 0 spiro atoms. The maximum atomic E-state index is 13.9. The molecule has 2 aliphatic carbocycles. The van der Waals surface area contributed by atoms with Crippen molar-refractivity contribution in [2.45, 2.75) is 13.8 Å². The van der Waals surface area contributed by atoms with Crippen LogP contribution in [0.4, 0.5) is 0 Å². The molecule has 0 aromatic heterocycles. The van der Waals surface area contributed by atoms with Gasteiger partial charge in [0, 0.05) is 34.4 Å². The van der Waals surface area contributed by atoms with E-state index >= 15 is 0 Å². The van der Waals surface area contributed by atoms with Gasteiger partial charge in [0.2, 0.25) is 11.6 Å². The highest BCUT2D eigenvalue weighted by molar-refractivity contribution is 6.36. The predicted molar refractivity (Wildman–Crippen MR) is 141 cm³/mol. The van der Waals surface area contributed by atoms with Gasteiger partial charge in [-0.05, 0) is 37.1 Å². The fourth-order valence-corrected chi connectivity index (χ4v) is 5.71. The maximum absolute atomic E-state index is 13.9. The van der Waals surface area contributed by atoms with Crippen molar-refractivity contribution in [3.63, 3.8) is 0 Å². The molecule has 0 heterocycles. The molecule has 0 amide bonds. The second-order valence-electron chi connectivity index (χ2n) is 10.0. The lowest BCUT2D eigenvalue weighted by Crippen LogP contribution is -2.25. The van der Waals surface area contributed by atoms with Crippen molar-refractivity contribution in [1.82, 2.24) is 0 Å². The minimum absolute atomic E-state index is 0.00494. The first-order chi connectivity index (χ1) is 19.7. The van der Waals surface area contributed by atoms with E-state index in [1.165, 1.54) is 13.8 Å². The van der Waals surface area contributed by atoms with Crippen LogP contribution < -0.4 is 0 Å². The Kier molecular flexibility index (Phi) is 5.14. The molecule has 0 radical (unpaired) electrons. The summed E-state index contributed by atoms with van der Waals surface area (Å²) in [5.74, 6) is -11.3. The van der Waals surface area contributed by atoms with Gasteiger partial charge in [-0.1, -0.05) is 0 Å². The summed E-state index contributed by atoms with van der Waals surface area (Å²) in [5, 5.41) is 85.6. The molecule has 4 aromatic carbocycles. The first-order valence-electron chi connectivity index (χ1n) is 12.2. The van der Waals surface area contributed by atoms with Crippen LogP contribution in [0.3, 0.4) is 0 Å². The van der Waals surface area contributed by atoms with Crippen LogP contribution in [0.2, 0.25) is 0 Å². The Morgan fingerprint density at radius 2 is 0.571 bits per heavy atom. The van der Waals surface area contributed by atoms with Crippen LogP contribution in [-0.2, 0) is 0 Å². The van der Waals surface area contributed by atoms with Gasteiger partial charge in [-0.25, -0.2) is 0 Å². The Bertz CT molecular complexity index is 1900. The molecule has 0 aliphatic heterocycles. The van der Waals surface area contributed by atoms with Crippen molar-refractivity contribution in [2.75, 3.05) is 0 Å². The molecular weight excluding hydrogens is 552 g/mol. The van der Waals surface area contributed by atoms with E-state index in [0.717, 1.165) is 12.1 Å². The fraction of sp³-hybridized carbons (Fsp3) is 0.0667. The molecule has 8 N–H and O–H groups in total. The Balaban J connectivity index is 1.77. The number of phenolic OH excluding ortho intramolecular Hbond substituents is 8. The molecular formula is C30H18O12. The average molecular weight is 570 g/mol. The Morgan fingerprint density at radius 1 is 0.333 bits per heavy atom. The molecule has 0 saturated heterocycles. The molecule has 210 valence electrons. The largest absolute Gasteiger partial charge is 0.507 e. The van der Waals surface area contributed by atoms with E-state index in [1.54, 1.807) is 0 Å². The summed E-state index contributed by atoms with van der Waals surface area (Å²) in [7, 11) is 0. The number of aryl methyl sites for hydroxylation is 2. The summed E-state index contributed by atoms with van der Waals surface area (Å²) in [6.45, 7) is 2.66. The minimum Gasteiger partial charge on any atom is -0.507 e. The lowest BCUT2D eigenvalue weighted by molar-refractivity contribution is 0.0970. The Labute approximate surface area is 234 Å². The van der Waals surface area contributed by atoms with Gasteiger partial charge in [0.15, 0.2) is 11.6 Å². The first-order valence-corrected chi connectivity index (χ1v) is 12.2. The highest BCUT2D eigenvalue weighted by atomic mass is 16.3. The van der Waals surface area contributed by atoms with Crippen molar-refractivity contribution in [3.8, 4) is 57.1 Å². The number of rotatable bonds is 1. The van der Waals surface area contributed by atoms with E-state index in [9.17, 15) is 60.0 Å². The number of fused-ring (bicyclic) bond motifs is 4. The summed E-state index contributed by atoms with van der Waals surface area (Å²) in [6, 6.07) is 3.31. The van der Waals surface area contributed by atoms with Crippen molar-refractivity contribution >= 4 is 23.1 Å². The zero-order valence-corrected chi connectivity index (χ0v) is 21.5. The van der Waals surface area contributed by atoms with Gasteiger partial charge in [-0.3, -0.25) is 19.2 Å². The quantitative estimate of drug-likeness (QED) is 0.133. The third-order valence-electron chi connectivity index (χ3n) is 7.58. The van der Waals surface area contributed by atoms with Crippen molar-refractivity contribution in [1.29, 1.82) is 0 Å². The summed E-state index contributed by atoms with van der Waals surface area (Å²) < 4.78 is 0. The summed E-state index contributed by atoms with van der Waals surface area (Å²) in [5.41, 5.74) is -7.24. The standard InChI is InChI=1S/C30H18O12/c1-7-3-9(31)19-23(25(7)37)29(41)21-15(11(33)5-13(35)17(21)27(19)39)16-12(34)6-14(36)18-22(16)30(42)24-20(28(18)40)10(32)4-8(2)26(24)38/h3-6,31-38H,1-2H3. The van der Waals surface area contributed by atoms with Gasteiger partial charge in [-0.2, -0.15) is 0 Å². The van der Waals surface area contributed by atoms with Gasteiger partial charge in [0.05, 0.1) is 33.4 Å². The maximum Gasteiger partial charge on any atom is 0.202 e. The van der Waals surface area contributed by atoms with E-state index in [1.807, 2.05) is 0 Å². The van der Waals surface area contributed by atoms with Crippen molar-refractivity contribution in [3.05, 3.63) is 79.9 Å². The Morgan fingerprint density at radius 3 is 0.905 bits per heavy atom. The molecule has 12 nitrogen and oxygen atoms in total. The van der Waals surface area contributed by atoms with E-state index in [4.69, 9.17) is 0 Å². The number of hydrogen-bond donors (Lipinski definition) is 8. The molecule has 2 aliphatic rings. The van der Waals surface area contributed by atoms with Crippen LogP contribution >= 0.6 is 0 Å². The van der Waals surface area contributed by atoms with Gasteiger partial charge in [0.25, 0.3) is 0 Å². The molecule has 0 fully saturated rings. The number of carbonyl (C=O) groups excluding carboxylic acids is 4. The van der Waals surface area contributed by atoms with Gasteiger partial charge < -0.3 is 40.9 Å². The topological polar surface area (TPSA) is 230 Å². The van der Waals surface area contributed by atoms with E-state index in [2.05, 4.69) is 0 Å². The predicted octanol–water partition coefficient (Wildman–Crippen LogP) is 3.17. The highest BCUT2D eigenvalue weighted by Crippen LogP contribution is 2.53. The van der Waals surface area contributed by atoms with E-state index in [-0.39, 0.29) is 11.1 Å². The monoisotopic (exact) mass is 570 g/mol. The van der Waals surface area contributed by atoms with Gasteiger partial charge >= 0.3 is 0 Å². The zero-order chi connectivity index (χ0) is 30.7. The van der Waals surface area contributed by atoms with E-state index in [0.29, 0.717) is 12.1 Å². The van der Waals surface area contributed by atoms with Gasteiger partial charge in [0.1, 0.15) is 46.0 Å². The molecule has 0 atom stereocenters. The normalized spacial score (nSPS) is 13.5. The molecule has 42 heavy (non-hydrogen) atoms. The fourth-order valence-electron chi connectivity index (χ4n) is 5.71. The third kappa shape index (κ3) is 3.05. The number of aromatic hydroxyl groups is 8. The second-order valence-corrected chi connectivity index (χ2v) is 10.0. The smallest absolute Gasteiger partial charge is 0.202 e. The zero-order valence-electron chi connectivity index (χ0n) is 21.5. The summed E-state index contributed by atoms with van der Waals surface area (Å²) in [4.78, 5) is 54.9. The highest BCUT2D eigenvalue weighted by Gasteiger charge is 2.44. The lowest BCUT2D eigenvalue weighted by atomic mass is 9.74. The van der Waals surface area contributed by atoms with Crippen molar-refractivity contribution < 1.29 is 60.0 Å². The Hall–Kier alpha value is -6.04. The number of ketones is 4. The van der Waals surface area contributed by atoms with Crippen LogP contribution in [0.5, 0.6) is 46.0 Å². The number of hydrogen-bond acceptors (Lipinski definition) is 12. The van der Waals surface area contributed by atoms with E-state index < -0.39 is 125 Å². The van der Waals surface area contributed by atoms with Gasteiger partial charge in [-0.15, -0.1) is 0 Å². The van der Waals surface area contributed by atoms with Crippen LogP contribution in [0.25, 0.3) is 11.1 Å². The van der Waals surface area contributed by atoms with Crippen molar-refractivity contribution in [2.24, 2.45) is 0 Å². The molecule has 6 rings (SSSR count). The first kappa shape index (κ1) is 26.2. The average Bonchev–Trinajstić information content (AvgIpc) is 2.90. The molecule has 4 aromatic rings. The van der Waals surface area contributed by atoms with Crippen LogP contribution in [0, 0.1) is 13.8 Å². The lowest BCUT2D eigenvalue weighted by Gasteiger charge is -2.27. The number of phenols is 8. The van der Waals surface area contributed by atoms with Crippen LogP contribution in [-0.4, -0.2) is 64.0 Å². The number of carbonyl (C=O) groups is 4.